The van der Waals surface area contributed by atoms with Gasteiger partial charge in [-0.2, -0.15) is 0 Å². The minimum atomic E-state index is -3.44. The lowest BCUT2D eigenvalue weighted by Crippen LogP contribution is -2.21. The van der Waals surface area contributed by atoms with Gasteiger partial charge >= 0.3 is 0 Å². The topological polar surface area (TPSA) is 86.1 Å². The van der Waals surface area contributed by atoms with Gasteiger partial charge in [0.1, 0.15) is 6.33 Å². The Morgan fingerprint density at radius 3 is 2.91 bits per heavy atom. The molecule has 1 atom stereocenters. The number of hydrogen-bond acceptors (Lipinski definition) is 5. The number of aryl methyl sites for hydroxylation is 1. The lowest BCUT2D eigenvalue weighted by molar-refractivity contribution is 0.109. The number of sulfonamides is 1. The third kappa shape index (κ3) is 3.89. The van der Waals surface area contributed by atoms with E-state index in [0.29, 0.717) is 23.5 Å². The summed E-state index contributed by atoms with van der Waals surface area (Å²) in [6.45, 7) is 0.729. The highest BCUT2D eigenvalue weighted by molar-refractivity contribution is 7.92. The number of nitrogens with one attached hydrogen (secondary N) is 1. The molecular weight excluding hydrogens is 316 g/mol. The van der Waals surface area contributed by atoms with Crippen molar-refractivity contribution in [3.05, 3.63) is 30.6 Å². The summed E-state index contributed by atoms with van der Waals surface area (Å²) in [5.74, 6) is 0.660. The Hall–Kier alpha value is -1.93. The summed E-state index contributed by atoms with van der Waals surface area (Å²) in [5.41, 5.74) is 1.21. The first-order chi connectivity index (χ1) is 11.1. The van der Waals surface area contributed by atoms with Crippen LogP contribution in [0.5, 0.6) is 0 Å². The van der Waals surface area contributed by atoms with Crippen LogP contribution >= 0.6 is 0 Å². The summed E-state index contributed by atoms with van der Waals surface area (Å²) in [5, 5.41) is 7.89. The average Bonchev–Trinajstić information content (AvgIpc) is 3.17. The van der Waals surface area contributed by atoms with E-state index in [1.807, 2.05) is 19.2 Å². The molecular formula is C15H20N4O3S. The Balaban J connectivity index is 1.75. The molecule has 7 nitrogen and oxygen atoms in total. The number of aromatic nitrogens is 3. The van der Waals surface area contributed by atoms with Gasteiger partial charge < -0.3 is 9.30 Å². The van der Waals surface area contributed by atoms with Crippen LogP contribution in [0.2, 0.25) is 0 Å². The fourth-order valence-corrected chi connectivity index (χ4v) is 3.86. The number of hydrogen-bond donors (Lipinski definition) is 1. The van der Waals surface area contributed by atoms with Crippen LogP contribution in [0.25, 0.3) is 11.4 Å². The van der Waals surface area contributed by atoms with Crippen molar-refractivity contribution in [2.75, 3.05) is 17.1 Å². The third-order valence-electron chi connectivity index (χ3n) is 3.88. The van der Waals surface area contributed by atoms with Crippen LogP contribution in [0.15, 0.2) is 30.6 Å². The molecule has 8 heteroatoms. The smallest absolute Gasteiger partial charge is 0.232 e. The zero-order chi connectivity index (χ0) is 16.3. The molecule has 23 heavy (non-hydrogen) atoms. The Kier molecular flexibility index (Phi) is 4.63. The zero-order valence-corrected chi connectivity index (χ0v) is 13.8. The second kappa shape index (κ2) is 6.67. The Labute approximate surface area is 135 Å². The molecule has 0 spiro atoms. The molecule has 0 bridgehead atoms. The number of ether oxygens (including phenoxy) is 1. The van der Waals surface area contributed by atoms with Crippen molar-refractivity contribution in [1.29, 1.82) is 0 Å². The van der Waals surface area contributed by atoms with Gasteiger partial charge in [-0.3, -0.25) is 4.72 Å². The number of nitrogens with zero attached hydrogens (tertiary/aromatic N) is 3. The van der Waals surface area contributed by atoms with Crippen molar-refractivity contribution in [3.8, 4) is 11.4 Å². The van der Waals surface area contributed by atoms with Crippen molar-refractivity contribution < 1.29 is 13.2 Å². The first-order valence-electron chi connectivity index (χ1n) is 7.61. The fourth-order valence-electron chi connectivity index (χ4n) is 2.67. The highest BCUT2D eigenvalue weighted by atomic mass is 32.2. The monoisotopic (exact) mass is 336 g/mol. The first-order valence-corrected chi connectivity index (χ1v) is 9.26. The summed E-state index contributed by atoms with van der Waals surface area (Å²) in [4.78, 5) is 0. The predicted molar refractivity (Wildman–Crippen MR) is 87.4 cm³/mol. The molecule has 0 unspecified atom stereocenters. The van der Waals surface area contributed by atoms with Gasteiger partial charge in [0, 0.05) is 19.2 Å². The molecule has 0 aliphatic carbocycles. The molecule has 0 amide bonds. The molecule has 1 fully saturated rings. The summed E-state index contributed by atoms with van der Waals surface area (Å²) in [6.07, 6.45) is 4.10. The van der Waals surface area contributed by atoms with E-state index in [2.05, 4.69) is 14.9 Å². The largest absolute Gasteiger partial charge is 0.378 e. The van der Waals surface area contributed by atoms with Crippen LogP contribution in [0.1, 0.15) is 19.3 Å². The Morgan fingerprint density at radius 1 is 1.39 bits per heavy atom. The number of benzene rings is 1. The van der Waals surface area contributed by atoms with Crippen LogP contribution in [0, 0.1) is 0 Å². The normalized spacial score (nSPS) is 18.2. The predicted octanol–water partition coefficient (Wildman–Crippen LogP) is 1.79. The van der Waals surface area contributed by atoms with Crippen molar-refractivity contribution in [3.63, 3.8) is 0 Å². The fraction of sp³-hybridized carbons (Fsp3) is 0.467. The Bertz CT molecular complexity index is 767. The van der Waals surface area contributed by atoms with Crippen LogP contribution < -0.4 is 4.72 Å². The zero-order valence-electron chi connectivity index (χ0n) is 13.0. The second-order valence-electron chi connectivity index (χ2n) is 5.66. The van der Waals surface area contributed by atoms with E-state index in [4.69, 9.17) is 4.74 Å². The molecule has 1 saturated heterocycles. The maximum atomic E-state index is 12.4. The van der Waals surface area contributed by atoms with E-state index in [1.165, 1.54) is 0 Å². The molecule has 1 aliphatic rings. The van der Waals surface area contributed by atoms with Crippen LogP contribution in [-0.2, 0) is 21.8 Å². The quantitative estimate of drug-likeness (QED) is 0.869. The molecule has 1 aromatic heterocycles. The van der Waals surface area contributed by atoms with Gasteiger partial charge in [-0.1, -0.05) is 12.1 Å². The molecule has 0 radical (unpaired) electrons. The minimum Gasteiger partial charge on any atom is -0.378 e. The SMILES string of the molecule is Cn1cnnc1-c1ccccc1NS(=O)(=O)CC[C@H]1CCCO1. The van der Waals surface area contributed by atoms with Crippen molar-refractivity contribution in [1.82, 2.24) is 14.8 Å². The molecule has 124 valence electrons. The van der Waals surface area contributed by atoms with E-state index < -0.39 is 10.0 Å². The van der Waals surface area contributed by atoms with Crippen LogP contribution in [0.4, 0.5) is 5.69 Å². The third-order valence-corrected chi connectivity index (χ3v) is 5.18. The van der Waals surface area contributed by atoms with Crippen molar-refractivity contribution >= 4 is 15.7 Å². The van der Waals surface area contributed by atoms with Gasteiger partial charge in [0.15, 0.2) is 5.82 Å². The lowest BCUT2D eigenvalue weighted by atomic mass is 10.2. The molecule has 2 heterocycles. The number of anilines is 1. The second-order valence-corrected chi connectivity index (χ2v) is 7.50. The molecule has 1 N–H and O–H groups in total. The molecule has 1 aromatic carbocycles. The standard InChI is InChI=1S/C15H20N4O3S/c1-19-11-16-17-15(19)13-6-2-3-7-14(13)18-23(20,21)10-8-12-5-4-9-22-12/h2-3,6-7,11-12,18H,4-5,8-10H2,1H3/t12-/m1/s1. The minimum absolute atomic E-state index is 0.0464. The van der Waals surface area contributed by atoms with Crippen molar-refractivity contribution in [2.24, 2.45) is 7.05 Å². The van der Waals surface area contributed by atoms with Gasteiger partial charge in [-0.15, -0.1) is 10.2 Å². The maximum absolute atomic E-state index is 12.4. The summed E-state index contributed by atoms with van der Waals surface area (Å²) in [6, 6.07) is 7.18. The lowest BCUT2D eigenvalue weighted by Gasteiger charge is -2.13. The highest BCUT2D eigenvalue weighted by Crippen LogP contribution is 2.26. The van der Waals surface area contributed by atoms with Crippen LogP contribution in [-0.4, -0.2) is 41.6 Å². The average molecular weight is 336 g/mol. The highest BCUT2D eigenvalue weighted by Gasteiger charge is 2.21. The van der Waals surface area contributed by atoms with Gasteiger partial charge in [0.05, 0.1) is 17.5 Å². The summed E-state index contributed by atoms with van der Waals surface area (Å²) >= 11 is 0. The van der Waals surface area contributed by atoms with Crippen LogP contribution in [0.3, 0.4) is 0 Å². The van der Waals surface area contributed by atoms with Gasteiger partial charge in [-0.25, -0.2) is 8.42 Å². The number of para-hydroxylation sites is 1. The molecule has 1 aliphatic heterocycles. The van der Waals surface area contributed by atoms with E-state index in [9.17, 15) is 8.42 Å². The van der Waals surface area contributed by atoms with E-state index >= 15 is 0 Å². The first kappa shape index (κ1) is 15.9. The molecule has 2 aromatic rings. The Morgan fingerprint density at radius 2 is 2.22 bits per heavy atom. The van der Waals surface area contributed by atoms with E-state index in [-0.39, 0.29) is 11.9 Å². The van der Waals surface area contributed by atoms with Gasteiger partial charge in [-0.05, 0) is 31.4 Å². The maximum Gasteiger partial charge on any atom is 0.232 e. The van der Waals surface area contributed by atoms with Gasteiger partial charge in [0.25, 0.3) is 0 Å². The molecule has 3 rings (SSSR count). The van der Waals surface area contributed by atoms with Gasteiger partial charge in [0.2, 0.25) is 10.0 Å². The summed E-state index contributed by atoms with van der Waals surface area (Å²) in [7, 11) is -1.62. The van der Waals surface area contributed by atoms with E-state index in [0.717, 1.165) is 19.4 Å². The molecule has 0 saturated carbocycles. The summed E-state index contributed by atoms with van der Waals surface area (Å²) < 4.78 is 34.6. The number of rotatable bonds is 6. The van der Waals surface area contributed by atoms with E-state index in [1.54, 1.807) is 23.0 Å². The van der Waals surface area contributed by atoms with Crippen molar-refractivity contribution in [2.45, 2.75) is 25.4 Å².